The average molecular weight is 216 g/mol. The van der Waals surface area contributed by atoms with Crippen molar-refractivity contribution in [2.24, 2.45) is 0 Å². The second kappa shape index (κ2) is 6.45. The number of anilines is 1. The number of benzene rings is 1. The largest absolute Gasteiger partial charge is 0.381 e. The van der Waals surface area contributed by atoms with Crippen LogP contribution in [0.15, 0.2) is 49.6 Å². The Morgan fingerprint density at radius 1 is 1.19 bits per heavy atom. The van der Waals surface area contributed by atoms with Crippen molar-refractivity contribution in [1.82, 2.24) is 5.32 Å². The Morgan fingerprint density at radius 2 is 1.88 bits per heavy atom. The quantitative estimate of drug-likeness (QED) is 0.716. The first-order valence-electron chi connectivity index (χ1n) is 5.12. The summed E-state index contributed by atoms with van der Waals surface area (Å²) in [7, 11) is 0. The van der Waals surface area contributed by atoms with E-state index in [0.717, 1.165) is 5.69 Å². The molecule has 3 heteroatoms. The Balaban J connectivity index is 2.80. The van der Waals surface area contributed by atoms with Crippen LogP contribution < -0.4 is 10.6 Å². The molecule has 0 unspecified atom stereocenters. The fraction of sp³-hybridized carbons (Fsp3) is 0.154. The molecule has 0 bridgehead atoms. The van der Waals surface area contributed by atoms with Gasteiger partial charge in [-0.15, -0.1) is 13.2 Å². The number of nitrogens with one attached hydrogen (secondary N) is 2. The highest BCUT2D eigenvalue weighted by molar-refractivity contribution is 5.99. The lowest BCUT2D eigenvalue weighted by atomic mass is 10.1. The zero-order chi connectivity index (χ0) is 11.8. The second-order valence-electron chi connectivity index (χ2n) is 3.21. The first-order valence-corrected chi connectivity index (χ1v) is 5.12. The summed E-state index contributed by atoms with van der Waals surface area (Å²) in [6.45, 7) is 8.28. The van der Waals surface area contributed by atoms with E-state index in [-0.39, 0.29) is 5.91 Å². The molecule has 0 aliphatic carbocycles. The third-order valence-electron chi connectivity index (χ3n) is 2.02. The SMILES string of the molecule is C=CCNC(=O)c1ccccc1NCC=C. The maximum atomic E-state index is 11.8. The molecule has 0 atom stereocenters. The normalized spacial score (nSPS) is 9.25. The van der Waals surface area contributed by atoms with E-state index in [9.17, 15) is 4.79 Å². The molecule has 0 aliphatic heterocycles. The monoisotopic (exact) mass is 216 g/mol. The van der Waals surface area contributed by atoms with Gasteiger partial charge in [0.1, 0.15) is 0 Å². The molecule has 1 aromatic rings. The summed E-state index contributed by atoms with van der Waals surface area (Å²) in [6, 6.07) is 7.37. The van der Waals surface area contributed by atoms with Crippen molar-refractivity contribution in [3.8, 4) is 0 Å². The third-order valence-corrected chi connectivity index (χ3v) is 2.02. The number of carbonyl (C=O) groups excluding carboxylic acids is 1. The Hall–Kier alpha value is -2.03. The summed E-state index contributed by atoms with van der Waals surface area (Å²) < 4.78 is 0. The van der Waals surface area contributed by atoms with Crippen LogP contribution >= 0.6 is 0 Å². The summed E-state index contributed by atoms with van der Waals surface area (Å²) in [4.78, 5) is 11.8. The molecular weight excluding hydrogens is 200 g/mol. The van der Waals surface area contributed by atoms with Gasteiger partial charge in [0.05, 0.1) is 5.56 Å². The third kappa shape index (κ3) is 3.28. The highest BCUT2D eigenvalue weighted by Gasteiger charge is 2.08. The lowest BCUT2D eigenvalue weighted by Gasteiger charge is -2.09. The molecule has 1 amide bonds. The van der Waals surface area contributed by atoms with E-state index in [0.29, 0.717) is 18.7 Å². The van der Waals surface area contributed by atoms with E-state index in [1.54, 1.807) is 18.2 Å². The summed E-state index contributed by atoms with van der Waals surface area (Å²) in [5.74, 6) is -0.105. The molecule has 0 fully saturated rings. The fourth-order valence-corrected chi connectivity index (χ4v) is 1.28. The molecule has 0 heterocycles. The molecule has 0 spiro atoms. The van der Waals surface area contributed by atoms with Crippen molar-refractivity contribution in [3.63, 3.8) is 0 Å². The number of rotatable bonds is 6. The molecule has 3 nitrogen and oxygen atoms in total. The summed E-state index contributed by atoms with van der Waals surface area (Å²) in [5, 5.41) is 5.86. The minimum Gasteiger partial charge on any atom is -0.381 e. The highest BCUT2D eigenvalue weighted by Crippen LogP contribution is 2.14. The minimum absolute atomic E-state index is 0.105. The molecule has 0 aromatic heterocycles. The predicted molar refractivity (Wildman–Crippen MR) is 67.7 cm³/mol. The number of hydrogen-bond donors (Lipinski definition) is 2. The van der Waals surface area contributed by atoms with Gasteiger partial charge in [-0.05, 0) is 12.1 Å². The van der Waals surface area contributed by atoms with Gasteiger partial charge in [-0.3, -0.25) is 4.79 Å². The van der Waals surface area contributed by atoms with Crippen molar-refractivity contribution >= 4 is 11.6 Å². The van der Waals surface area contributed by atoms with E-state index in [1.165, 1.54) is 0 Å². The van der Waals surface area contributed by atoms with Crippen LogP contribution in [-0.4, -0.2) is 19.0 Å². The standard InChI is InChI=1S/C13H16N2O/c1-3-9-14-12-8-6-5-7-11(12)13(16)15-10-4-2/h3-8,14H,1-2,9-10H2,(H,15,16). The van der Waals surface area contributed by atoms with Crippen molar-refractivity contribution in [3.05, 3.63) is 55.1 Å². The highest BCUT2D eigenvalue weighted by atomic mass is 16.1. The number of para-hydroxylation sites is 1. The van der Waals surface area contributed by atoms with Crippen LogP contribution in [0.2, 0.25) is 0 Å². The van der Waals surface area contributed by atoms with E-state index in [1.807, 2.05) is 18.2 Å². The second-order valence-corrected chi connectivity index (χ2v) is 3.21. The molecule has 0 radical (unpaired) electrons. The van der Waals surface area contributed by atoms with Gasteiger partial charge < -0.3 is 10.6 Å². The summed E-state index contributed by atoms with van der Waals surface area (Å²) in [6.07, 6.45) is 3.40. The Bertz CT molecular complexity index is 385. The van der Waals surface area contributed by atoms with Gasteiger partial charge in [0, 0.05) is 18.8 Å². The minimum atomic E-state index is -0.105. The van der Waals surface area contributed by atoms with Gasteiger partial charge in [0.25, 0.3) is 5.91 Å². The maximum absolute atomic E-state index is 11.8. The Kier molecular flexibility index (Phi) is 4.86. The Labute approximate surface area is 95.9 Å². The van der Waals surface area contributed by atoms with Gasteiger partial charge in [0.15, 0.2) is 0 Å². The maximum Gasteiger partial charge on any atom is 0.253 e. The van der Waals surface area contributed by atoms with Gasteiger partial charge in [-0.25, -0.2) is 0 Å². The molecule has 1 aromatic carbocycles. The average Bonchev–Trinajstić information content (AvgIpc) is 2.33. The van der Waals surface area contributed by atoms with Gasteiger partial charge in [0.2, 0.25) is 0 Å². The zero-order valence-electron chi connectivity index (χ0n) is 9.20. The zero-order valence-corrected chi connectivity index (χ0v) is 9.20. The molecule has 1 rings (SSSR count). The van der Waals surface area contributed by atoms with E-state index in [4.69, 9.17) is 0 Å². The topological polar surface area (TPSA) is 41.1 Å². The van der Waals surface area contributed by atoms with Gasteiger partial charge in [-0.1, -0.05) is 24.3 Å². The number of amides is 1. The number of hydrogen-bond acceptors (Lipinski definition) is 2. The lowest BCUT2D eigenvalue weighted by molar-refractivity contribution is 0.0959. The first-order chi connectivity index (χ1) is 7.79. The Morgan fingerprint density at radius 3 is 2.56 bits per heavy atom. The summed E-state index contributed by atoms with van der Waals surface area (Å²) >= 11 is 0. The van der Waals surface area contributed by atoms with Crippen LogP contribution in [0, 0.1) is 0 Å². The van der Waals surface area contributed by atoms with Crippen LogP contribution in [0.3, 0.4) is 0 Å². The van der Waals surface area contributed by atoms with Crippen molar-refractivity contribution in [2.75, 3.05) is 18.4 Å². The molecule has 16 heavy (non-hydrogen) atoms. The van der Waals surface area contributed by atoms with Gasteiger partial charge in [-0.2, -0.15) is 0 Å². The molecule has 0 saturated heterocycles. The van der Waals surface area contributed by atoms with Crippen LogP contribution in [0.4, 0.5) is 5.69 Å². The summed E-state index contributed by atoms with van der Waals surface area (Å²) in [5.41, 5.74) is 1.44. The predicted octanol–water partition coefficient (Wildman–Crippen LogP) is 2.20. The lowest BCUT2D eigenvalue weighted by Crippen LogP contribution is -2.24. The van der Waals surface area contributed by atoms with Crippen molar-refractivity contribution < 1.29 is 4.79 Å². The molecule has 0 saturated carbocycles. The van der Waals surface area contributed by atoms with Crippen LogP contribution in [0.1, 0.15) is 10.4 Å². The fourth-order valence-electron chi connectivity index (χ4n) is 1.28. The molecular formula is C13H16N2O. The number of carbonyl (C=O) groups is 1. The van der Waals surface area contributed by atoms with Gasteiger partial charge >= 0.3 is 0 Å². The smallest absolute Gasteiger partial charge is 0.253 e. The molecule has 84 valence electrons. The van der Waals surface area contributed by atoms with Crippen molar-refractivity contribution in [2.45, 2.75) is 0 Å². The molecule has 0 aliphatic rings. The first kappa shape index (κ1) is 12.0. The van der Waals surface area contributed by atoms with E-state index < -0.39 is 0 Å². The van der Waals surface area contributed by atoms with Crippen LogP contribution in [0.5, 0.6) is 0 Å². The van der Waals surface area contributed by atoms with E-state index >= 15 is 0 Å². The molecule has 2 N–H and O–H groups in total. The van der Waals surface area contributed by atoms with Crippen LogP contribution in [0.25, 0.3) is 0 Å². The van der Waals surface area contributed by atoms with Crippen molar-refractivity contribution in [1.29, 1.82) is 0 Å². The van der Waals surface area contributed by atoms with E-state index in [2.05, 4.69) is 23.8 Å². The van der Waals surface area contributed by atoms with Crippen LogP contribution in [-0.2, 0) is 0 Å².